The molecule has 2 nitrogen and oxygen atoms in total. The molecule has 2 aromatic carbocycles. The zero-order valence-electron chi connectivity index (χ0n) is 12.2. The molecule has 2 heterocycles. The zero-order valence-corrected chi connectivity index (χ0v) is 12.2. The van der Waals surface area contributed by atoms with E-state index >= 15 is 0 Å². The Labute approximate surface area is 124 Å². The monoisotopic (exact) mass is 274 g/mol. The van der Waals surface area contributed by atoms with Crippen LogP contribution in [0.25, 0.3) is 27.3 Å². The first-order valence-corrected chi connectivity index (χ1v) is 7.66. The maximum atomic E-state index is 4.94. The van der Waals surface area contributed by atoms with Crippen molar-refractivity contribution in [3.05, 3.63) is 60.4 Å². The lowest BCUT2D eigenvalue weighted by Gasteiger charge is -2.08. The molecule has 2 heteroatoms. The molecule has 0 radical (unpaired) electrons. The molecular formula is C19H18N2. The van der Waals surface area contributed by atoms with Crippen molar-refractivity contribution < 1.29 is 0 Å². The van der Waals surface area contributed by atoms with E-state index in [4.69, 9.17) is 4.98 Å². The number of rotatable bonds is 3. The number of aromatic nitrogens is 2. The first-order valence-electron chi connectivity index (χ1n) is 7.66. The summed E-state index contributed by atoms with van der Waals surface area (Å²) in [5.74, 6) is 0. The summed E-state index contributed by atoms with van der Waals surface area (Å²) in [4.78, 5) is 4.94. The summed E-state index contributed by atoms with van der Waals surface area (Å²) in [6.07, 6.45) is 5.66. The van der Waals surface area contributed by atoms with Crippen molar-refractivity contribution in [2.24, 2.45) is 0 Å². The number of hydrogen-bond donors (Lipinski definition) is 0. The number of nitrogens with zero attached hydrogens (tertiary/aromatic N) is 2. The van der Waals surface area contributed by atoms with Gasteiger partial charge in [-0.2, -0.15) is 0 Å². The van der Waals surface area contributed by atoms with Crippen molar-refractivity contribution in [2.75, 3.05) is 0 Å². The van der Waals surface area contributed by atoms with Gasteiger partial charge in [-0.05, 0) is 25.0 Å². The molecular weight excluding hydrogens is 256 g/mol. The van der Waals surface area contributed by atoms with Crippen LogP contribution in [0.4, 0.5) is 0 Å². The molecule has 4 rings (SSSR count). The molecule has 0 unspecified atom stereocenters. The summed E-state index contributed by atoms with van der Waals surface area (Å²) in [6.45, 7) is 2.23. The number of para-hydroxylation sites is 2. The van der Waals surface area contributed by atoms with Crippen molar-refractivity contribution >= 4 is 27.3 Å². The quantitative estimate of drug-likeness (QED) is 0.515. The molecule has 0 saturated carbocycles. The van der Waals surface area contributed by atoms with Gasteiger partial charge < -0.3 is 4.40 Å². The highest BCUT2D eigenvalue weighted by atomic mass is 14.9. The second-order valence-corrected chi connectivity index (χ2v) is 5.59. The predicted octanol–water partition coefficient (Wildman–Crippen LogP) is 4.98. The van der Waals surface area contributed by atoms with E-state index in [1.807, 2.05) is 0 Å². The molecule has 0 aliphatic carbocycles. The van der Waals surface area contributed by atoms with Crippen LogP contribution in [0.15, 0.2) is 54.7 Å². The van der Waals surface area contributed by atoms with E-state index in [-0.39, 0.29) is 0 Å². The lowest BCUT2D eigenvalue weighted by molar-refractivity contribution is 0.781. The maximum absolute atomic E-state index is 4.94. The van der Waals surface area contributed by atoms with Crippen LogP contribution in [0.5, 0.6) is 0 Å². The standard InChI is InChI=1S/C19H18N2/c1-2-3-10-17-19-15-9-5-4-8-14(15)13-21(19)18-12-7-6-11-16(18)20-17/h4-9,11-13H,2-3,10H2,1H3. The van der Waals surface area contributed by atoms with Crippen LogP contribution in [0.2, 0.25) is 0 Å². The lowest BCUT2D eigenvalue weighted by Crippen LogP contribution is -1.98. The molecule has 0 amide bonds. The zero-order chi connectivity index (χ0) is 14.2. The second-order valence-electron chi connectivity index (χ2n) is 5.59. The van der Waals surface area contributed by atoms with Gasteiger partial charge in [-0.1, -0.05) is 49.7 Å². The highest BCUT2D eigenvalue weighted by Gasteiger charge is 2.12. The second kappa shape index (κ2) is 4.88. The molecule has 0 spiro atoms. The Hall–Kier alpha value is -2.35. The summed E-state index contributed by atoms with van der Waals surface area (Å²) in [5.41, 5.74) is 4.76. The maximum Gasteiger partial charge on any atom is 0.0874 e. The summed E-state index contributed by atoms with van der Waals surface area (Å²) in [7, 11) is 0. The van der Waals surface area contributed by atoms with Crippen LogP contribution >= 0.6 is 0 Å². The minimum absolute atomic E-state index is 1.04. The SMILES string of the molecule is CCCCc1nc2ccccc2n2cc3ccccc3c12. The molecule has 0 aliphatic heterocycles. The first-order chi connectivity index (χ1) is 10.4. The van der Waals surface area contributed by atoms with Crippen LogP contribution in [-0.4, -0.2) is 9.38 Å². The molecule has 2 aromatic heterocycles. The summed E-state index contributed by atoms with van der Waals surface area (Å²) < 4.78 is 2.32. The molecule has 0 saturated heterocycles. The minimum Gasteiger partial charge on any atom is -0.312 e. The number of unbranched alkanes of at least 4 members (excludes halogenated alkanes) is 1. The molecule has 0 bridgehead atoms. The van der Waals surface area contributed by atoms with Gasteiger partial charge >= 0.3 is 0 Å². The number of aryl methyl sites for hydroxylation is 1. The van der Waals surface area contributed by atoms with Gasteiger partial charge in [0, 0.05) is 17.0 Å². The van der Waals surface area contributed by atoms with Crippen LogP contribution < -0.4 is 0 Å². The molecule has 21 heavy (non-hydrogen) atoms. The van der Waals surface area contributed by atoms with Crippen molar-refractivity contribution in [1.82, 2.24) is 9.38 Å². The van der Waals surface area contributed by atoms with Crippen molar-refractivity contribution in [3.63, 3.8) is 0 Å². The van der Waals surface area contributed by atoms with Crippen LogP contribution in [0, 0.1) is 0 Å². The van der Waals surface area contributed by atoms with Gasteiger partial charge in [-0.3, -0.25) is 0 Å². The lowest BCUT2D eigenvalue weighted by atomic mass is 10.1. The van der Waals surface area contributed by atoms with E-state index in [0.29, 0.717) is 0 Å². The van der Waals surface area contributed by atoms with Gasteiger partial charge in [0.25, 0.3) is 0 Å². The molecule has 0 N–H and O–H groups in total. The normalized spacial score (nSPS) is 11.7. The van der Waals surface area contributed by atoms with Gasteiger partial charge in [0.05, 0.1) is 22.2 Å². The Morgan fingerprint density at radius 3 is 2.71 bits per heavy atom. The Balaban J connectivity index is 2.16. The fourth-order valence-corrected chi connectivity index (χ4v) is 3.12. The Kier molecular flexibility index (Phi) is 2.88. The third-order valence-electron chi connectivity index (χ3n) is 4.16. The largest absolute Gasteiger partial charge is 0.312 e. The fourth-order valence-electron chi connectivity index (χ4n) is 3.12. The highest BCUT2D eigenvalue weighted by Crippen LogP contribution is 2.28. The number of hydrogen-bond acceptors (Lipinski definition) is 1. The van der Waals surface area contributed by atoms with Crippen molar-refractivity contribution in [2.45, 2.75) is 26.2 Å². The number of benzene rings is 2. The molecule has 104 valence electrons. The predicted molar refractivity (Wildman–Crippen MR) is 88.8 cm³/mol. The molecule has 0 fully saturated rings. The van der Waals surface area contributed by atoms with E-state index in [2.05, 4.69) is 66.1 Å². The van der Waals surface area contributed by atoms with Gasteiger partial charge in [0.1, 0.15) is 0 Å². The van der Waals surface area contributed by atoms with Gasteiger partial charge in [0.2, 0.25) is 0 Å². The number of fused-ring (bicyclic) bond motifs is 5. The smallest absolute Gasteiger partial charge is 0.0874 e. The summed E-state index contributed by atoms with van der Waals surface area (Å²) in [6, 6.07) is 17.0. The third-order valence-corrected chi connectivity index (χ3v) is 4.16. The van der Waals surface area contributed by atoms with Crippen molar-refractivity contribution in [3.8, 4) is 0 Å². The average molecular weight is 274 g/mol. The van der Waals surface area contributed by atoms with Crippen LogP contribution in [-0.2, 0) is 6.42 Å². The summed E-state index contributed by atoms with van der Waals surface area (Å²) in [5, 5.41) is 2.59. The van der Waals surface area contributed by atoms with E-state index in [0.717, 1.165) is 11.9 Å². The van der Waals surface area contributed by atoms with Gasteiger partial charge in [-0.15, -0.1) is 0 Å². The van der Waals surface area contributed by atoms with E-state index in [1.54, 1.807) is 0 Å². The average Bonchev–Trinajstić information content (AvgIpc) is 2.92. The van der Waals surface area contributed by atoms with Gasteiger partial charge in [-0.25, -0.2) is 4.98 Å². The third kappa shape index (κ3) is 1.90. The molecule has 4 aromatic rings. The Morgan fingerprint density at radius 2 is 1.81 bits per heavy atom. The van der Waals surface area contributed by atoms with Crippen molar-refractivity contribution in [1.29, 1.82) is 0 Å². The minimum atomic E-state index is 1.04. The topological polar surface area (TPSA) is 17.3 Å². The Bertz CT molecular complexity index is 934. The molecule has 0 aliphatic rings. The van der Waals surface area contributed by atoms with Crippen LogP contribution in [0.3, 0.4) is 0 Å². The first kappa shape index (κ1) is 12.4. The van der Waals surface area contributed by atoms with Gasteiger partial charge in [0.15, 0.2) is 0 Å². The van der Waals surface area contributed by atoms with E-state index in [9.17, 15) is 0 Å². The fraction of sp³-hybridized carbons (Fsp3) is 0.211. The van der Waals surface area contributed by atoms with Crippen LogP contribution in [0.1, 0.15) is 25.5 Å². The summed E-state index contributed by atoms with van der Waals surface area (Å²) >= 11 is 0. The van der Waals surface area contributed by atoms with E-state index in [1.165, 1.54) is 40.3 Å². The Morgan fingerprint density at radius 1 is 1.00 bits per heavy atom. The molecule has 0 atom stereocenters. The highest BCUT2D eigenvalue weighted by molar-refractivity contribution is 6.01. The van der Waals surface area contributed by atoms with E-state index < -0.39 is 0 Å².